The van der Waals surface area contributed by atoms with Crippen molar-refractivity contribution in [1.29, 1.82) is 0 Å². The van der Waals surface area contributed by atoms with Crippen molar-refractivity contribution in [2.75, 3.05) is 38.0 Å². The third-order valence-electron chi connectivity index (χ3n) is 4.78. The van der Waals surface area contributed by atoms with Crippen LogP contribution in [0.3, 0.4) is 0 Å². The molecule has 28 heavy (non-hydrogen) atoms. The second-order valence-corrected chi connectivity index (χ2v) is 6.79. The number of nitrogens with zero attached hydrogens (tertiary/aromatic N) is 1. The molecule has 1 aromatic heterocycles. The summed E-state index contributed by atoms with van der Waals surface area (Å²) in [6.45, 7) is 4.92. The van der Waals surface area contributed by atoms with Gasteiger partial charge in [0, 0.05) is 6.92 Å². The number of anilines is 1. The molecule has 3 N–H and O–H groups in total. The molecule has 0 atom stereocenters. The number of carbonyl (C=O) groups excluding carboxylic acids is 3. The minimum absolute atomic E-state index is 0.0676. The van der Waals surface area contributed by atoms with Crippen molar-refractivity contribution >= 4 is 23.4 Å². The van der Waals surface area contributed by atoms with Gasteiger partial charge in [-0.15, -0.1) is 0 Å². The predicted molar refractivity (Wildman–Crippen MR) is 103 cm³/mol. The lowest BCUT2D eigenvalue weighted by Gasteiger charge is -2.31. The zero-order valence-electron chi connectivity index (χ0n) is 15.9. The molecule has 0 saturated carbocycles. The maximum Gasteiger partial charge on any atom is 0.279 e. The van der Waals surface area contributed by atoms with Crippen molar-refractivity contribution in [3.63, 3.8) is 0 Å². The van der Waals surface area contributed by atoms with Crippen molar-refractivity contribution in [3.05, 3.63) is 54.0 Å². The molecule has 2 aromatic rings. The van der Waals surface area contributed by atoms with Crippen LogP contribution in [0.5, 0.6) is 0 Å². The fourth-order valence-corrected chi connectivity index (χ4v) is 3.20. The number of hydrogen-bond acceptors (Lipinski definition) is 4. The molecule has 0 radical (unpaired) electrons. The predicted octanol–water partition coefficient (Wildman–Crippen LogP) is -0.105. The van der Waals surface area contributed by atoms with Crippen molar-refractivity contribution in [2.45, 2.75) is 13.5 Å². The zero-order valence-corrected chi connectivity index (χ0v) is 15.9. The highest BCUT2D eigenvalue weighted by atomic mass is 16.3. The number of piperazine rings is 1. The molecule has 1 aliphatic rings. The fraction of sp³-hybridized carbons (Fsp3) is 0.350. The number of furan rings is 1. The standard InChI is InChI=1S/C20H24N4O4/c1-15(25)24-10-8-23(9-11-24)14-19(26)22-18-7-3-2-6-17(18)20(27)21-13-16-5-4-12-28-16/h2-7,12H,8-11,13-14H2,1H3,(H,21,27)(H,22,26)/p+1. The van der Waals surface area contributed by atoms with Crippen LogP contribution < -0.4 is 15.5 Å². The topological polar surface area (TPSA) is 96.1 Å². The van der Waals surface area contributed by atoms with Crippen LogP contribution >= 0.6 is 0 Å². The van der Waals surface area contributed by atoms with E-state index in [1.54, 1.807) is 54.5 Å². The van der Waals surface area contributed by atoms with Crippen LogP contribution in [0.4, 0.5) is 5.69 Å². The number of amides is 3. The van der Waals surface area contributed by atoms with E-state index in [0.29, 0.717) is 36.6 Å². The summed E-state index contributed by atoms with van der Waals surface area (Å²) in [5.41, 5.74) is 0.880. The van der Waals surface area contributed by atoms with Crippen LogP contribution in [0.1, 0.15) is 23.0 Å². The van der Waals surface area contributed by atoms with Gasteiger partial charge >= 0.3 is 0 Å². The third kappa shape index (κ3) is 5.20. The molecule has 1 fully saturated rings. The lowest BCUT2D eigenvalue weighted by molar-refractivity contribution is -0.895. The average molecular weight is 385 g/mol. The molecule has 0 aliphatic carbocycles. The van der Waals surface area contributed by atoms with E-state index in [2.05, 4.69) is 10.6 Å². The van der Waals surface area contributed by atoms with E-state index in [0.717, 1.165) is 18.0 Å². The molecule has 3 amide bonds. The Morgan fingerprint density at radius 3 is 2.54 bits per heavy atom. The van der Waals surface area contributed by atoms with Gasteiger partial charge in [-0.2, -0.15) is 0 Å². The van der Waals surface area contributed by atoms with Gasteiger partial charge in [-0.1, -0.05) is 12.1 Å². The first-order valence-corrected chi connectivity index (χ1v) is 9.31. The van der Waals surface area contributed by atoms with E-state index >= 15 is 0 Å². The normalized spacial score (nSPS) is 14.5. The molecule has 148 valence electrons. The Bertz CT molecular complexity index is 826. The monoisotopic (exact) mass is 385 g/mol. The van der Waals surface area contributed by atoms with E-state index in [1.807, 2.05) is 0 Å². The third-order valence-corrected chi connectivity index (χ3v) is 4.78. The largest absolute Gasteiger partial charge is 0.467 e. The molecule has 3 rings (SSSR count). The summed E-state index contributed by atoms with van der Waals surface area (Å²) in [4.78, 5) is 39.2. The lowest BCUT2D eigenvalue weighted by atomic mass is 10.1. The number of hydrogen-bond donors (Lipinski definition) is 3. The Hall–Kier alpha value is -3.13. The molecule has 1 aliphatic heterocycles. The van der Waals surface area contributed by atoms with E-state index in [1.165, 1.54) is 0 Å². The smallest absolute Gasteiger partial charge is 0.279 e. The summed E-state index contributed by atoms with van der Waals surface area (Å²) in [6, 6.07) is 10.5. The van der Waals surface area contributed by atoms with Gasteiger partial charge in [-0.25, -0.2) is 0 Å². The number of para-hydroxylation sites is 1. The lowest BCUT2D eigenvalue weighted by Crippen LogP contribution is -3.15. The van der Waals surface area contributed by atoms with Gasteiger partial charge in [0.15, 0.2) is 6.54 Å². The molecule has 8 heteroatoms. The van der Waals surface area contributed by atoms with E-state index in [-0.39, 0.29) is 24.3 Å². The van der Waals surface area contributed by atoms with Crippen molar-refractivity contribution in [3.8, 4) is 0 Å². The Labute approximate surface area is 163 Å². The van der Waals surface area contributed by atoms with Crippen LogP contribution in [-0.2, 0) is 16.1 Å². The molecular formula is C20H25N4O4+. The van der Waals surface area contributed by atoms with Gasteiger partial charge in [0.05, 0.1) is 50.2 Å². The summed E-state index contributed by atoms with van der Waals surface area (Å²) in [6.07, 6.45) is 1.55. The van der Waals surface area contributed by atoms with Gasteiger partial charge in [0.2, 0.25) is 5.91 Å². The van der Waals surface area contributed by atoms with Gasteiger partial charge in [0.25, 0.3) is 11.8 Å². The summed E-state index contributed by atoms with van der Waals surface area (Å²) in [5.74, 6) is 0.286. The van der Waals surface area contributed by atoms with Crippen LogP contribution in [0.25, 0.3) is 0 Å². The molecule has 8 nitrogen and oxygen atoms in total. The number of quaternary nitrogens is 1. The fourth-order valence-electron chi connectivity index (χ4n) is 3.20. The molecule has 1 saturated heterocycles. The number of nitrogens with one attached hydrogen (secondary N) is 3. The highest BCUT2D eigenvalue weighted by Gasteiger charge is 2.24. The summed E-state index contributed by atoms with van der Waals surface area (Å²) in [5, 5.41) is 5.63. The molecule has 0 unspecified atom stereocenters. The Balaban J connectivity index is 1.54. The highest BCUT2D eigenvalue weighted by molar-refractivity contribution is 6.03. The highest BCUT2D eigenvalue weighted by Crippen LogP contribution is 2.15. The quantitative estimate of drug-likeness (QED) is 0.647. The van der Waals surface area contributed by atoms with E-state index in [4.69, 9.17) is 4.42 Å². The van der Waals surface area contributed by atoms with E-state index < -0.39 is 0 Å². The minimum atomic E-state index is -0.283. The average Bonchev–Trinajstić information content (AvgIpc) is 3.20. The SMILES string of the molecule is CC(=O)N1CC[NH+](CC(=O)Nc2ccccc2C(=O)NCc2ccco2)CC1. The Morgan fingerprint density at radius 2 is 1.86 bits per heavy atom. The first-order chi connectivity index (χ1) is 13.5. The number of benzene rings is 1. The summed E-state index contributed by atoms with van der Waals surface area (Å²) in [7, 11) is 0. The Morgan fingerprint density at radius 1 is 1.11 bits per heavy atom. The summed E-state index contributed by atoms with van der Waals surface area (Å²) >= 11 is 0. The van der Waals surface area contributed by atoms with Gasteiger partial charge in [-0.3, -0.25) is 14.4 Å². The van der Waals surface area contributed by atoms with Gasteiger partial charge in [0.1, 0.15) is 5.76 Å². The minimum Gasteiger partial charge on any atom is -0.467 e. The number of rotatable bonds is 6. The molecular weight excluding hydrogens is 360 g/mol. The van der Waals surface area contributed by atoms with Crippen LogP contribution in [0, 0.1) is 0 Å². The van der Waals surface area contributed by atoms with Crippen LogP contribution in [0.15, 0.2) is 47.1 Å². The molecule has 0 spiro atoms. The second kappa shape index (κ2) is 9.18. The maximum absolute atomic E-state index is 12.5. The second-order valence-electron chi connectivity index (χ2n) is 6.79. The molecule has 0 bridgehead atoms. The van der Waals surface area contributed by atoms with Crippen LogP contribution in [-0.4, -0.2) is 55.3 Å². The molecule has 1 aromatic carbocycles. The summed E-state index contributed by atoms with van der Waals surface area (Å²) < 4.78 is 5.21. The van der Waals surface area contributed by atoms with Gasteiger partial charge in [-0.05, 0) is 24.3 Å². The number of carbonyl (C=O) groups is 3. The molecule has 2 heterocycles. The maximum atomic E-state index is 12.5. The van der Waals surface area contributed by atoms with Crippen LogP contribution in [0.2, 0.25) is 0 Å². The first kappa shape index (κ1) is 19.6. The van der Waals surface area contributed by atoms with Gasteiger partial charge < -0.3 is 24.9 Å². The van der Waals surface area contributed by atoms with Crippen molar-refractivity contribution < 1.29 is 23.7 Å². The van der Waals surface area contributed by atoms with Crippen molar-refractivity contribution in [2.24, 2.45) is 0 Å². The van der Waals surface area contributed by atoms with E-state index in [9.17, 15) is 14.4 Å². The van der Waals surface area contributed by atoms with Crippen molar-refractivity contribution in [1.82, 2.24) is 10.2 Å². The zero-order chi connectivity index (χ0) is 19.9. The Kier molecular flexibility index (Phi) is 6.44. The first-order valence-electron chi connectivity index (χ1n) is 9.31.